The Morgan fingerprint density at radius 3 is 2.48 bits per heavy atom. The number of halogens is 1. The summed E-state index contributed by atoms with van der Waals surface area (Å²) in [6.45, 7) is 4.73. The van der Waals surface area contributed by atoms with Crippen molar-refractivity contribution >= 4 is 11.8 Å². The van der Waals surface area contributed by atoms with E-state index in [1.54, 1.807) is 11.8 Å². The van der Waals surface area contributed by atoms with E-state index in [1.165, 1.54) is 17.7 Å². The SMILES string of the molecule is Fc1ccc(CSc2nnc(C3CCN(Cc4ccncc4)CC3)n2CC2CCCO2)cc1. The molecule has 4 heterocycles. The Hall–Kier alpha value is -2.29. The number of rotatable bonds is 8. The molecule has 2 aromatic heterocycles. The smallest absolute Gasteiger partial charge is 0.191 e. The summed E-state index contributed by atoms with van der Waals surface area (Å²) in [5.41, 5.74) is 2.39. The van der Waals surface area contributed by atoms with E-state index in [4.69, 9.17) is 4.74 Å². The number of aromatic nitrogens is 4. The zero-order chi connectivity index (χ0) is 22.5. The molecule has 1 atom stereocenters. The third-order valence-electron chi connectivity index (χ3n) is 6.55. The van der Waals surface area contributed by atoms with Crippen LogP contribution in [0.3, 0.4) is 0 Å². The maximum Gasteiger partial charge on any atom is 0.191 e. The van der Waals surface area contributed by atoms with Crippen molar-refractivity contribution in [1.29, 1.82) is 0 Å². The number of nitrogens with zero attached hydrogens (tertiary/aromatic N) is 5. The van der Waals surface area contributed by atoms with E-state index < -0.39 is 0 Å². The molecule has 6 nitrogen and oxygen atoms in total. The van der Waals surface area contributed by atoms with Crippen molar-refractivity contribution in [3.8, 4) is 0 Å². The molecule has 1 unspecified atom stereocenters. The van der Waals surface area contributed by atoms with E-state index in [-0.39, 0.29) is 11.9 Å². The molecular formula is C25H30FN5OS. The normalized spacial score (nSPS) is 19.8. The molecule has 2 aliphatic rings. The van der Waals surface area contributed by atoms with Crippen molar-refractivity contribution in [2.75, 3.05) is 19.7 Å². The van der Waals surface area contributed by atoms with Gasteiger partial charge >= 0.3 is 0 Å². The zero-order valence-corrected chi connectivity index (χ0v) is 19.6. The van der Waals surface area contributed by atoms with Gasteiger partial charge in [0.2, 0.25) is 0 Å². The largest absolute Gasteiger partial charge is 0.376 e. The first-order valence-corrected chi connectivity index (χ1v) is 12.8. The molecule has 3 aromatic rings. The lowest BCUT2D eigenvalue weighted by atomic mass is 9.95. The van der Waals surface area contributed by atoms with Gasteiger partial charge in [0.05, 0.1) is 12.6 Å². The standard InChI is InChI=1S/C25H30FN5OS/c26-22-5-3-20(4-6-22)18-33-25-29-28-24(31(25)17-23-2-1-15-32-23)21-9-13-30(14-10-21)16-19-7-11-27-12-8-19/h3-8,11-12,21,23H,1-2,9-10,13-18H2. The van der Waals surface area contributed by atoms with Crippen molar-refractivity contribution in [3.05, 3.63) is 71.6 Å². The molecule has 0 N–H and O–H groups in total. The summed E-state index contributed by atoms with van der Waals surface area (Å²) in [5, 5.41) is 10.2. The van der Waals surface area contributed by atoms with Gasteiger partial charge in [0, 0.05) is 37.2 Å². The van der Waals surface area contributed by atoms with E-state index >= 15 is 0 Å². The van der Waals surface area contributed by atoms with Crippen LogP contribution in [0, 0.1) is 5.82 Å². The van der Waals surface area contributed by atoms with E-state index in [9.17, 15) is 4.39 Å². The number of thioether (sulfide) groups is 1. The number of piperidine rings is 1. The van der Waals surface area contributed by atoms with Gasteiger partial charge in [0.25, 0.3) is 0 Å². The molecule has 174 valence electrons. The number of benzene rings is 1. The second-order valence-corrected chi connectivity index (χ2v) is 9.85. The minimum atomic E-state index is -0.206. The molecule has 2 aliphatic heterocycles. The van der Waals surface area contributed by atoms with Crippen molar-refractivity contribution in [2.24, 2.45) is 0 Å². The molecule has 2 saturated heterocycles. The van der Waals surface area contributed by atoms with Gasteiger partial charge in [-0.2, -0.15) is 0 Å². The predicted molar refractivity (Wildman–Crippen MR) is 126 cm³/mol. The van der Waals surface area contributed by atoms with Gasteiger partial charge in [-0.25, -0.2) is 4.39 Å². The molecule has 0 saturated carbocycles. The maximum atomic E-state index is 13.2. The Morgan fingerprint density at radius 1 is 0.970 bits per heavy atom. The van der Waals surface area contributed by atoms with Gasteiger partial charge in [-0.3, -0.25) is 9.88 Å². The van der Waals surface area contributed by atoms with Gasteiger partial charge in [-0.15, -0.1) is 10.2 Å². The third kappa shape index (κ3) is 5.80. The van der Waals surface area contributed by atoms with Crippen molar-refractivity contribution < 1.29 is 9.13 Å². The van der Waals surface area contributed by atoms with Crippen LogP contribution in [0.25, 0.3) is 0 Å². The quantitative estimate of drug-likeness (QED) is 0.449. The van der Waals surface area contributed by atoms with Crippen LogP contribution in [0.1, 0.15) is 48.6 Å². The molecule has 0 bridgehead atoms. The average Bonchev–Trinajstić information content (AvgIpc) is 3.51. The van der Waals surface area contributed by atoms with Crippen LogP contribution >= 0.6 is 11.8 Å². The maximum absolute atomic E-state index is 13.2. The van der Waals surface area contributed by atoms with Crippen LogP contribution < -0.4 is 0 Å². The topological polar surface area (TPSA) is 56.1 Å². The molecule has 5 rings (SSSR count). The van der Waals surface area contributed by atoms with Crippen LogP contribution in [0.15, 0.2) is 53.9 Å². The fraction of sp³-hybridized carbons (Fsp3) is 0.480. The summed E-state index contributed by atoms with van der Waals surface area (Å²) in [7, 11) is 0. The van der Waals surface area contributed by atoms with Crippen LogP contribution in [-0.4, -0.2) is 50.4 Å². The fourth-order valence-corrected chi connectivity index (χ4v) is 5.61. The van der Waals surface area contributed by atoms with Crippen LogP contribution in [0.4, 0.5) is 4.39 Å². The monoisotopic (exact) mass is 467 g/mol. The molecule has 0 spiro atoms. The first-order valence-electron chi connectivity index (χ1n) is 11.8. The Balaban J connectivity index is 1.26. The van der Waals surface area contributed by atoms with Crippen molar-refractivity contribution in [1.82, 2.24) is 24.6 Å². The molecule has 1 aromatic carbocycles. The lowest BCUT2D eigenvalue weighted by molar-refractivity contribution is 0.0931. The second kappa shape index (κ2) is 10.8. The summed E-state index contributed by atoms with van der Waals surface area (Å²) in [6, 6.07) is 10.9. The Morgan fingerprint density at radius 2 is 1.76 bits per heavy atom. The van der Waals surface area contributed by atoms with Gasteiger partial charge in [0.15, 0.2) is 5.16 Å². The molecule has 2 fully saturated rings. The number of hydrogen-bond acceptors (Lipinski definition) is 6. The van der Waals surface area contributed by atoms with Gasteiger partial charge in [0.1, 0.15) is 11.6 Å². The first-order chi connectivity index (χ1) is 16.2. The number of ether oxygens (including phenoxy) is 1. The lowest BCUT2D eigenvalue weighted by Gasteiger charge is -2.32. The van der Waals surface area contributed by atoms with Gasteiger partial charge < -0.3 is 9.30 Å². The summed E-state index contributed by atoms with van der Waals surface area (Å²) >= 11 is 1.67. The van der Waals surface area contributed by atoms with Crippen LogP contribution in [-0.2, 0) is 23.6 Å². The molecule has 8 heteroatoms. The van der Waals surface area contributed by atoms with E-state index in [0.717, 1.165) is 80.8 Å². The zero-order valence-electron chi connectivity index (χ0n) is 18.8. The first kappa shape index (κ1) is 22.5. The lowest BCUT2D eigenvalue weighted by Crippen LogP contribution is -2.33. The minimum absolute atomic E-state index is 0.206. The van der Waals surface area contributed by atoms with Gasteiger partial charge in [-0.1, -0.05) is 23.9 Å². The summed E-state index contributed by atoms with van der Waals surface area (Å²) in [6.07, 6.45) is 8.32. The Labute approximate surface area is 198 Å². The van der Waals surface area contributed by atoms with E-state index in [0.29, 0.717) is 5.92 Å². The molecular weight excluding hydrogens is 437 g/mol. The van der Waals surface area contributed by atoms with Crippen molar-refractivity contribution in [2.45, 2.75) is 61.7 Å². The highest BCUT2D eigenvalue weighted by Crippen LogP contribution is 2.32. The molecule has 0 radical (unpaired) electrons. The second-order valence-electron chi connectivity index (χ2n) is 8.91. The summed E-state index contributed by atoms with van der Waals surface area (Å²) in [4.78, 5) is 6.63. The Kier molecular flexibility index (Phi) is 7.34. The van der Waals surface area contributed by atoms with Crippen molar-refractivity contribution in [3.63, 3.8) is 0 Å². The van der Waals surface area contributed by atoms with E-state index in [2.05, 4.69) is 36.8 Å². The summed E-state index contributed by atoms with van der Waals surface area (Å²) in [5.74, 6) is 2.04. The van der Waals surface area contributed by atoms with Crippen LogP contribution in [0.2, 0.25) is 0 Å². The molecule has 33 heavy (non-hydrogen) atoms. The number of pyridine rings is 1. The highest BCUT2D eigenvalue weighted by molar-refractivity contribution is 7.98. The number of hydrogen-bond donors (Lipinski definition) is 0. The average molecular weight is 468 g/mol. The highest BCUT2D eigenvalue weighted by Gasteiger charge is 2.28. The molecule has 0 aliphatic carbocycles. The van der Waals surface area contributed by atoms with Gasteiger partial charge in [-0.05, 0) is 74.2 Å². The summed E-state index contributed by atoms with van der Waals surface area (Å²) < 4.78 is 21.5. The van der Waals surface area contributed by atoms with E-state index in [1.807, 2.05) is 24.5 Å². The fourth-order valence-electron chi connectivity index (χ4n) is 4.70. The Bertz CT molecular complexity index is 1020. The predicted octanol–water partition coefficient (Wildman–Crippen LogP) is 4.66. The number of likely N-dealkylation sites (tertiary alicyclic amines) is 1. The highest BCUT2D eigenvalue weighted by atomic mass is 32.2. The van der Waals surface area contributed by atoms with Crippen LogP contribution in [0.5, 0.6) is 0 Å². The third-order valence-corrected chi connectivity index (χ3v) is 7.58. The minimum Gasteiger partial charge on any atom is -0.376 e. The molecule has 0 amide bonds.